The number of halogens is 3. The Balaban J connectivity index is 1.65. The number of hydrogen-bond donors (Lipinski definition) is 2. The van der Waals surface area contributed by atoms with Gasteiger partial charge in [-0.2, -0.15) is 9.65 Å². The first-order chi connectivity index (χ1) is 17.2. The second-order valence-electron chi connectivity index (χ2n) is 7.25. The van der Waals surface area contributed by atoms with E-state index < -0.39 is 44.7 Å². The zero-order valence-corrected chi connectivity index (χ0v) is 18.9. The van der Waals surface area contributed by atoms with Crippen molar-refractivity contribution in [1.29, 1.82) is 5.26 Å². The summed E-state index contributed by atoms with van der Waals surface area (Å²) in [6, 6.07) is 12.6. The predicted octanol–water partition coefficient (Wildman–Crippen LogP) is 4.14. The molecule has 0 radical (unpaired) electrons. The minimum atomic E-state index is -4.43. The van der Waals surface area contributed by atoms with Crippen LogP contribution in [0.3, 0.4) is 0 Å². The molecular weight excluding hydrogens is 497 g/mol. The van der Waals surface area contributed by atoms with E-state index >= 15 is 0 Å². The van der Waals surface area contributed by atoms with Crippen LogP contribution in [-0.2, 0) is 15.8 Å². The molecule has 0 saturated carbocycles. The normalized spacial score (nSPS) is 11.1. The minimum absolute atomic E-state index is 0.0559. The van der Waals surface area contributed by atoms with Crippen molar-refractivity contribution in [2.75, 3.05) is 10.5 Å². The Morgan fingerprint density at radius 1 is 1.03 bits per heavy atom. The molecule has 0 unspecified atom stereocenters. The Hall–Kier alpha value is -4.70. The number of pyridine rings is 1. The lowest BCUT2D eigenvalue weighted by molar-refractivity contribution is 0.401. The van der Waals surface area contributed by atoms with Gasteiger partial charge < -0.3 is 10.5 Å². The zero-order chi connectivity index (χ0) is 25.9. The first-order valence-electron chi connectivity index (χ1n) is 10.1. The van der Waals surface area contributed by atoms with E-state index in [1.807, 2.05) is 6.07 Å². The number of nitriles is 1. The summed E-state index contributed by atoms with van der Waals surface area (Å²) in [5.74, 6) is -6.88. The lowest BCUT2D eigenvalue weighted by Crippen LogP contribution is -2.18. The fraction of sp³-hybridized carbons (Fsp3) is 0.0435. The molecule has 36 heavy (non-hydrogen) atoms. The highest BCUT2D eigenvalue weighted by atomic mass is 32.2. The van der Waals surface area contributed by atoms with Crippen LogP contribution in [0.2, 0.25) is 0 Å². The maximum absolute atomic E-state index is 14.8. The third-order valence-electron chi connectivity index (χ3n) is 4.79. The molecule has 3 N–H and O–H groups in total. The largest absolute Gasteiger partial charge is 0.435 e. The third-order valence-corrected chi connectivity index (χ3v) is 6.00. The van der Waals surface area contributed by atoms with Gasteiger partial charge in [0.05, 0.1) is 28.6 Å². The Morgan fingerprint density at radius 3 is 2.56 bits per heavy atom. The fourth-order valence-electron chi connectivity index (χ4n) is 3.19. The topological polar surface area (TPSA) is 144 Å². The summed E-state index contributed by atoms with van der Waals surface area (Å²) in [6.45, 7) is 0. The van der Waals surface area contributed by atoms with Crippen molar-refractivity contribution in [2.24, 2.45) is 0 Å². The van der Waals surface area contributed by atoms with E-state index in [2.05, 4.69) is 15.0 Å². The summed E-state index contributed by atoms with van der Waals surface area (Å²) in [4.78, 5) is 11.7. The SMILES string of the molecule is N#Cc1ccccc1CS(=O)(=O)Nc1c(F)cc(Oc2ncccc2-c2ccnc(N)n2)c(F)c1F. The van der Waals surface area contributed by atoms with Crippen LogP contribution in [0.4, 0.5) is 24.8 Å². The Kier molecular flexibility index (Phi) is 6.71. The van der Waals surface area contributed by atoms with Crippen LogP contribution in [0.15, 0.2) is 60.9 Å². The molecule has 0 bridgehead atoms. The standard InChI is InChI=1S/C23H15F3N6O3S/c24-16-10-18(35-22-15(6-3-8-29-22)17-7-9-30-23(28)31-17)19(25)20(26)21(16)32-36(33,34)12-14-5-2-1-4-13(14)11-27/h1-10,32H,12H2,(H2,28,30,31). The van der Waals surface area contributed by atoms with Gasteiger partial charge in [-0.1, -0.05) is 18.2 Å². The molecule has 0 saturated heterocycles. The van der Waals surface area contributed by atoms with Crippen molar-refractivity contribution in [3.63, 3.8) is 0 Å². The van der Waals surface area contributed by atoms with Crippen LogP contribution in [0.25, 0.3) is 11.3 Å². The molecule has 2 aromatic carbocycles. The molecule has 0 fully saturated rings. The molecular formula is C23H15F3N6O3S. The van der Waals surface area contributed by atoms with Gasteiger partial charge in [0.1, 0.15) is 5.69 Å². The number of nitrogens with two attached hydrogens (primary N) is 1. The molecule has 9 nitrogen and oxygen atoms in total. The third kappa shape index (κ3) is 5.18. The molecule has 182 valence electrons. The van der Waals surface area contributed by atoms with Crippen LogP contribution < -0.4 is 15.2 Å². The monoisotopic (exact) mass is 512 g/mol. The average Bonchev–Trinajstić information content (AvgIpc) is 2.85. The molecule has 13 heteroatoms. The molecule has 0 aliphatic rings. The molecule has 0 atom stereocenters. The molecule has 0 aliphatic carbocycles. The summed E-state index contributed by atoms with van der Waals surface area (Å²) < 4.78 is 76.4. The Bertz CT molecular complexity index is 1610. The molecule has 2 aromatic heterocycles. The highest BCUT2D eigenvalue weighted by Gasteiger charge is 2.25. The first kappa shape index (κ1) is 24.4. The van der Waals surface area contributed by atoms with E-state index in [1.165, 1.54) is 54.9 Å². The summed E-state index contributed by atoms with van der Waals surface area (Å²) in [5, 5.41) is 9.12. The second kappa shape index (κ2) is 9.88. The smallest absolute Gasteiger partial charge is 0.237 e. The first-order valence-corrected chi connectivity index (χ1v) is 11.7. The molecule has 0 aliphatic heterocycles. The van der Waals surface area contributed by atoms with Gasteiger partial charge in [-0.3, -0.25) is 4.72 Å². The number of rotatable bonds is 7. The van der Waals surface area contributed by atoms with Gasteiger partial charge in [0.15, 0.2) is 17.4 Å². The van der Waals surface area contributed by atoms with E-state index in [-0.39, 0.29) is 34.2 Å². The van der Waals surface area contributed by atoms with E-state index in [4.69, 9.17) is 15.7 Å². The summed E-state index contributed by atoms with van der Waals surface area (Å²) >= 11 is 0. The van der Waals surface area contributed by atoms with Crippen LogP contribution >= 0.6 is 0 Å². The minimum Gasteiger partial charge on any atom is -0.435 e. The number of hydrogen-bond acceptors (Lipinski definition) is 8. The second-order valence-corrected chi connectivity index (χ2v) is 8.97. The van der Waals surface area contributed by atoms with Crippen molar-refractivity contribution in [3.8, 4) is 29.0 Å². The summed E-state index contributed by atoms with van der Waals surface area (Å²) in [5.41, 5.74) is 4.99. The maximum Gasteiger partial charge on any atom is 0.237 e. The van der Waals surface area contributed by atoms with Crippen LogP contribution in [0, 0.1) is 28.8 Å². The molecule has 4 rings (SSSR count). The maximum atomic E-state index is 14.8. The lowest BCUT2D eigenvalue weighted by Gasteiger charge is -2.14. The van der Waals surface area contributed by atoms with Crippen molar-refractivity contribution < 1.29 is 26.3 Å². The molecule has 2 heterocycles. The summed E-state index contributed by atoms with van der Waals surface area (Å²) in [7, 11) is -4.43. The number of nitrogens with zero attached hydrogens (tertiary/aromatic N) is 4. The highest BCUT2D eigenvalue weighted by molar-refractivity contribution is 7.91. The van der Waals surface area contributed by atoms with Crippen LogP contribution in [0.1, 0.15) is 11.1 Å². The van der Waals surface area contributed by atoms with Crippen molar-refractivity contribution >= 4 is 21.7 Å². The van der Waals surface area contributed by atoms with Crippen LogP contribution in [-0.4, -0.2) is 23.4 Å². The van der Waals surface area contributed by atoms with Gasteiger partial charge in [-0.25, -0.2) is 32.2 Å². The van der Waals surface area contributed by atoms with Gasteiger partial charge in [0, 0.05) is 18.5 Å². The lowest BCUT2D eigenvalue weighted by atomic mass is 10.1. The molecule has 4 aromatic rings. The van der Waals surface area contributed by atoms with Gasteiger partial charge in [0.2, 0.25) is 27.7 Å². The number of nitrogen functional groups attached to an aromatic ring is 1. The number of benzene rings is 2. The average molecular weight is 512 g/mol. The highest BCUT2D eigenvalue weighted by Crippen LogP contribution is 2.35. The van der Waals surface area contributed by atoms with E-state index in [9.17, 15) is 21.6 Å². The summed E-state index contributed by atoms with van der Waals surface area (Å²) in [6.07, 6.45) is 2.67. The predicted molar refractivity (Wildman–Crippen MR) is 123 cm³/mol. The van der Waals surface area contributed by atoms with E-state index in [1.54, 1.807) is 4.72 Å². The van der Waals surface area contributed by atoms with E-state index in [0.29, 0.717) is 6.07 Å². The number of ether oxygens (including phenoxy) is 1. The molecule has 0 spiro atoms. The van der Waals surface area contributed by atoms with Gasteiger partial charge in [-0.05, 0) is 29.8 Å². The Labute approximate surface area is 203 Å². The van der Waals surface area contributed by atoms with Crippen molar-refractivity contribution in [2.45, 2.75) is 5.75 Å². The van der Waals surface area contributed by atoms with Crippen LogP contribution in [0.5, 0.6) is 11.6 Å². The quantitative estimate of drug-likeness (QED) is 0.352. The number of aromatic nitrogens is 3. The number of nitrogens with one attached hydrogen (secondary N) is 1. The van der Waals surface area contributed by atoms with Gasteiger partial charge in [0.25, 0.3) is 0 Å². The fourth-order valence-corrected chi connectivity index (χ4v) is 4.42. The van der Waals surface area contributed by atoms with Gasteiger partial charge >= 0.3 is 0 Å². The van der Waals surface area contributed by atoms with Gasteiger partial charge in [-0.15, -0.1) is 0 Å². The molecule has 0 amide bonds. The number of sulfonamides is 1. The van der Waals surface area contributed by atoms with Crippen molar-refractivity contribution in [1.82, 2.24) is 15.0 Å². The number of anilines is 2. The van der Waals surface area contributed by atoms with E-state index in [0.717, 1.165) is 0 Å². The zero-order valence-electron chi connectivity index (χ0n) is 18.1. The van der Waals surface area contributed by atoms with Crippen molar-refractivity contribution in [3.05, 3.63) is 89.5 Å². The Morgan fingerprint density at radius 2 is 1.81 bits per heavy atom.